The van der Waals surface area contributed by atoms with Crippen LogP contribution in [0.5, 0.6) is 11.5 Å². The van der Waals surface area contributed by atoms with Crippen molar-refractivity contribution in [3.05, 3.63) is 34.9 Å². The number of nitrogens with zero attached hydrogens (tertiary/aromatic N) is 1. The molecule has 140 valence electrons. The van der Waals surface area contributed by atoms with Gasteiger partial charge in [-0.05, 0) is 31.0 Å². The van der Waals surface area contributed by atoms with Gasteiger partial charge in [-0.25, -0.2) is 10.8 Å². The highest BCUT2D eigenvalue weighted by molar-refractivity contribution is 6.30. The van der Waals surface area contributed by atoms with Crippen LogP contribution >= 0.6 is 11.6 Å². The Morgan fingerprint density at radius 2 is 2.08 bits per heavy atom. The van der Waals surface area contributed by atoms with Crippen LogP contribution in [-0.4, -0.2) is 24.3 Å². The number of hydrogen-bond donors (Lipinski definition) is 4. The molecule has 0 spiro atoms. The summed E-state index contributed by atoms with van der Waals surface area (Å²) in [6, 6.07) is 6.90. The van der Waals surface area contributed by atoms with Crippen molar-refractivity contribution >= 4 is 28.9 Å². The van der Waals surface area contributed by atoms with Crippen LogP contribution in [0.3, 0.4) is 0 Å². The number of nitrogen functional groups attached to an aromatic ring is 3. The van der Waals surface area contributed by atoms with Crippen LogP contribution in [0.2, 0.25) is 5.02 Å². The van der Waals surface area contributed by atoms with E-state index in [4.69, 9.17) is 43.1 Å². The second-order valence-electron chi connectivity index (χ2n) is 5.94. The number of pyridine rings is 1. The number of nitrogens with two attached hydrogens (primary N) is 3. The monoisotopic (exact) mass is 379 g/mol. The summed E-state index contributed by atoms with van der Waals surface area (Å²) in [5.41, 5.74) is 15.2. The van der Waals surface area contributed by atoms with Gasteiger partial charge < -0.3 is 31.1 Å². The van der Waals surface area contributed by atoms with E-state index < -0.39 is 0 Å². The van der Waals surface area contributed by atoms with Crippen LogP contribution < -0.4 is 32.2 Å². The van der Waals surface area contributed by atoms with E-state index in [2.05, 4.69) is 10.4 Å². The largest absolute Gasteiger partial charge is 0.490 e. The topological polar surface area (TPSA) is 131 Å². The molecule has 3 rings (SSSR count). The third-order valence-electron chi connectivity index (χ3n) is 4.03. The van der Waals surface area contributed by atoms with Crippen molar-refractivity contribution < 1.29 is 14.2 Å². The fraction of sp³-hybridized carbons (Fsp3) is 0.353. The van der Waals surface area contributed by atoms with Gasteiger partial charge in [0, 0.05) is 23.3 Å². The zero-order valence-electron chi connectivity index (χ0n) is 14.2. The molecule has 1 aromatic carbocycles. The molecule has 0 radical (unpaired) electrons. The van der Waals surface area contributed by atoms with Crippen molar-refractivity contribution in [1.29, 1.82) is 0 Å². The zero-order chi connectivity index (χ0) is 18.5. The number of hydrogen-bond acceptors (Lipinski definition) is 8. The minimum absolute atomic E-state index is 0.119. The lowest BCUT2D eigenvalue weighted by Gasteiger charge is -2.16. The van der Waals surface area contributed by atoms with Gasteiger partial charge in [0.25, 0.3) is 0 Å². The first kappa shape index (κ1) is 18.4. The van der Waals surface area contributed by atoms with Gasteiger partial charge in [0.15, 0.2) is 5.82 Å². The highest BCUT2D eigenvalue weighted by atomic mass is 35.5. The second-order valence-corrected chi connectivity index (χ2v) is 6.38. The maximum atomic E-state index is 6.11. The summed E-state index contributed by atoms with van der Waals surface area (Å²) in [7, 11) is 0. The van der Waals surface area contributed by atoms with Gasteiger partial charge in [0.1, 0.15) is 36.2 Å². The molecule has 8 nitrogen and oxygen atoms in total. The van der Waals surface area contributed by atoms with E-state index in [0.717, 1.165) is 25.0 Å². The third kappa shape index (κ3) is 4.40. The van der Waals surface area contributed by atoms with Crippen molar-refractivity contribution in [3.8, 4) is 11.5 Å². The molecule has 1 saturated heterocycles. The molecule has 1 aromatic heterocycles. The van der Waals surface area contributed by atoms with Crippen molar-refractivity contribution in [1.82, 2.24) is 4.98 Å². The van der Waals surface area contributed by atoms with Gasteiger partial charge in [-0.15, -0.1) is 0 Å². The number of rotatable bonds is 7. The molecule has 2 heterocycles. The number of halogens is 1. The minimum atomic E-state index is 0.119. The molecule has 7 N–H and O–H groups in total. The Kier molecular flexibility index (Phi) is 5.87. The predicted octanol–water partition coefficient (Wildman–Crippen LogP) is 2.32. The van der Waals surface area contributed by atoms with Crippen LogP contribution in [-0.2, 0) is 11.3 Å². The smallest absolute Gasteiger partial charge is 0.169 e. The molecule has 0 saturated carbocycles. The van der Waals surface area contributed by atoms with Crippen molar-refractivity contribution in [2.24, 2.45) is 5.84 Å². The number of ether oxygens (including phenoxy) is 3. The standard InChI is InChI=1S/C17H22ClN5O3/c18-11-3-4-13(26-9-12-2-1-5-24-12)10(6-11)8-25-14-7-15(19)22-17(23-21)16(14)20/h3-4,6-7,12H,1-2,5,8-9,20-21H2,(H3,19,22,23). The molecule has 1 aliphatic heterocycles. The van der Waals surface area contributed by atoms with Gasteiger partial charge in [-0.2, -0.15) is 0 Å². The Balaban J connectivity index is 1.72. The lowest BCUT2D eigenvalue weighted by atomic mass is 10.2. The van der Waals surface area contributed by atoms with Gasteiger partial charge >= 0.3 is 0 Å². The summed E-state index contributed by atoms with van der Waals surface area (Å²) in [6.07, 6.45) is 2.18. The fourth-order valence-corrected chi connectivity index (χ4v) is 2.89. The van der Waals surface area contributed by atoms with Crippen LogP contribution in [0.15, 0.2) is 24.3 Å². The van der Waals surface area contributed by atoms with E-state index in [0.29, 0.717) is 23.1 Å². The Morgan fingerprint density at radius 1 is 1.23 bits per heavy atom. The summed E-state index contributed by atoms with van der Waals surface area (Å²) < 4.78 is 17.3. The summed E-state index contributed by atoms with van der Waals surface area (Å²) in [6.45, 7) is 1.46. The average molecular weight is 380 g/mol. The molecule has 1 aliphatic rings. The highest BCUT2D eigenvalue weighted by Gasteiger charge is 2.17. The van der Waals surface area contributed by atoms with Crippen molar-refractivity contribution in [3.63, 3.8) is 0 Å². The van der Waals surface area contributed by atoms with E-state index in [-0.39, 0.29) is 30.0 Å². The second kappa shape index (κ2) is 8.31. The number of anilines is 3. The van der Waals surface area contributed by atoms with E-state index in [1.165, 1.54) is 6.07 Å². The molecule has 1 atom stereocenters. The van der Waals surface area contributed by atoms with Gasteiger partial charge in [0.2, 0.25) is 0 Å². The summed E-state index contributed by atoms with van der Waals surface area (Å²) in [5.74, 6) is 6.93. The molecular weight excluding hydrogens is 358 g/mol. The molecule has 1 fully saturated rings. The SMILES string of the molecule is NNc1nc(N)cc(OCc2cc(Cl)ccc2OCC2CCCO2)c1N. The molecule has 2 aromatic rings. The first-order valence-corrected chi connectivity index (χ1v) is 8.63. The van der Waals surface area contributed by atoms with Crippen molar-refractivity contribution in [2.45, 2.75) is 25.6 Å². The lowest BCUT2D eigenvalue weighted by Crippen LogP contribution is -2.17. The van der Waals surface area contributed by atoms with E-state index in [1.807, 2.05) is 6.07 Å². The fourth-order valence-electron chi connectivity index (χ4n) is 2.70. The lowest BCUT2D eigenvalue weighted by molar-refractivity contribution is 0.0672. The van der Waals surface area contributed by atoms with Gasteiger partial charge in [-0.1, -0.05) is 11.6 Å². The van der Waals surface area contributed by atoms with E-state index in [9.17, 15) is 0 Å². The first-order chi connectivity index (χ1) is 12.6. The summed E-state index contributed by atoms with van der Waals surface area (Å²) >= 11 is 6.11. The Bertz CT molecular complexity index is 768. The molecule has 0 aliphatic carbocycles. The maximum absolute atomic E-state index is 6.11. The highest BCUT2D eigenvalue weighted by Crippen LogP contribution is 2.32. The van der Waals surface area contributed by atoms with Gasteiger partial charge in [0.05, 0.1) is 6.10 Å². The Morgan fingerprint density at radius 3 is 2.81 bits per heavy atom. The quantitative estimate of drug-likeness (QED) is 0.426. The number of benzene rings is 1. The average Bonchev–Trinajstić information content (AvgIpc) is 3.14. The molecule has 0 amide bonds. The number of aromatic nitrogens is 1. The molecule has 9 heteroatoms. The molecular formula is C17H22ClN5O3. The van der Waals surface area contributed by atoms with Crippen molar-refractivity contribution in [2.75, 3.05) is 30.1 Å². The van der Waals surface area contributed by atoms with Crippen LogP contribution in [0.4, 0.5) is 17.3 Å². The van der Waals surface area contributed by atoms with E-state index >= 15 is 0 Å². The number of nitrogens with one attached hydrogen (secondary N) is 1. The normalized spacial score (nSPS) is 16.5. The van der Waals surface area contributed by atoms with E-state index in [1.54, 1.807) is 12.1 Å². The Hall–Kier alpha value is -2.42. The molecule has 26 heavy (non-hydrogen) atoms. The molecule has 0 bridgehead atoms. The van der Waals surface area contributed by atoms with Crippen LogP contribution in [0, 0.1) is 0 Å². The van der Waals surface area contributed by atoms with Gasteiger partial charge in [-0.3, -0.25) is 0 Å². The maximum Gasteiger partial charge on any atom is 0.169 e. The number of hydrazine groups is 1. The zero-order valence-corrected chi connectivity index (χ0v) is 15.0. The Labute approximate surface area is 156 Å². The predicted molar refractivity (Wildman–Crippen MR) is 101 cm³/mol. The minimum Gasteiger partial charge on any atom is -0.490 e. The third-order valence-corrected chi connectivity index (χ3v) is 4.27. The first-order valence-electron chi connectivity index (χ1n) is 8.25. The van der Waals surface area contributed by atoms with Crippen LogP contribution in [0.1, 0.15) is 18.4 Å². The summed E-state index contributed by atoms with van der Waals surface area (Å²) in [5, 5.41) is 0.583. The molecule has 1 unspecified atom stereocenters. The van der Waals surface area contributed by atoms with Crippen LogP contribution in [0.25, 0.3) is 0 Å². The summed E-state index contributed by atoms with van der Waals surface area (Å²) in [4.78, 5) is 3.99.